The fraction of sp³-hybridized carbons (Fsp3) is 0.0417. The fourth-order valence-electron chi connectivity index (χ4n) is 2.75. The van der Waals surface area contributed by atoms with Crippen molar-refractivity contribution in [3.05, 3.63) is 101 Å². The first-order valence-corrected chi connectivity index (χ1v) is 9.96. The first kappa shape index (κ1) is 18.6. The summed E-state index contributed by atoms with van der Waals surface area (Å²) in [4.78, 5) is 8.87. The second kappa shape index (κ2) is 8.96. The quantitative estimate of drug-likeness (QED) is 0.384. The number of rotatable bonds is 6. The van der Waals surface area contributed by atoms with Crippen LogP contribution in [0.15, 0.2) is 84.4 Å². The van der Waals surface area contributed by atoms with Gasteiger partial charge in [0, 0.05) is 17.1 Å². The molecule has 4 nitrogen and oxygen atoms in total. The van der Waals surface area contributed by atoms with E-state index in [0.717, 1.165) is 28.3 Å². The van der Waals surface area contributed by atoms with E-state index in [2.05, 4.69) is 16.0 Å². The highest BCUT2D eigenvalue weighted by Gasteiger charge is 2.09. The van der Waals surface area contributed by atoms with Crippen LogP contribution >= 0.6 is 11.3 Å². The number of ether oxygens (including phenoxy) is 1. The van der Waals surface area contributed by atoms with Crippen molar-refractivity contribution in [3.8, 4) is 23.1 Å². The van der Waals surface area contributed by atoms with Gasteiger partial charge in [-0.05, 0) is 35.9 Å². The van der Waals surface area contributed by atoms with Gasteiger partial charge in [-0.25, -0.2) is 4.98 Å². The van der Waals surface area contributed by atoms with E-state index in [4.69, 9.17) is 4.74 Å². The zero-order valence-corrected chi connectivity index (χ0v) is 16.3. The van der Waals surface area contributed by atoms with Gasteiger partial charge in [0.1, 0.15) is 23.4 Å². The molecule has 0 aliphatic carbocycles. The summed E-state index contributed by atoms with van der Waals surface area (Å²) in [6, 6.07) is 25.6. The van der Waals surface area contributed by atoms with Gasteiger partial charge in [0.2, 0.25) is 0 Å². The molecule has 0 unspecified atom stereocenters. The van der Waals surface area contributed by atoms with E-state index in [1.165, 1.54) is 11.3 Å². The molecule has 0 spiro atoms. The smallest absolute Gasteiger partial charge is 0.134 e. The summed E-state index contributed by atoms with van der Waals surface area (Å²) in [5, 5.41) is 12.3. The number of nitriles is 1. The third-order valence-corrected chi connectivity index (χ3v) is 5.10. The van der Waals surface area contributed by atoms with E-state index >= 15 is 0 Å². The van der Waals surface area contributed by atoms with Crippen LogP contribution in [0, 0.1) is 11.3 Å². The zero-order valence-electron chi connectivity index (χ0n) is 15.5. The zero-order chi connectivity index (χ0) is 19.9. The minimum atomic E-state index is 0.418. The van der Waals surface area contributed by atoms with Gasteiger partial charge in [0.05, 0.1) is 17.0 Å². The third-order valence-electron chi connectivity index (χ3n) is 4.23. The van der Waals surface area contributed by atoms with Crippen molar-refractivity contribution in [3.63, 3.8) is 0 Å². The Hall–Kier alpha value is -3.75. The summed E-state index contributed by atoms with van der Waals surface area (Å²) < 4.78 is 5.76. The molecule has 140 valence electrons. The summed E-state index contributed by atoms with van der Waals surface area (Å²) in [7, 11) is 0. The van der Waals surface area contributed by atoms with Crippen LogP contribution in [0.4, 0.5) is 0 Å². The minimum absolute atomic E-state index is 0.418. The lowest BCUT2D eigenvalue weighted by Crippen LogP contribution is -1.97. The van der Waals surface area contributed by atoms with Gasteiger partial charge < -0.3 is 4.74 Å². The van der Waals surface area contributed by atoms with Crippen molar-refractivity contribution in [1.82, 2.24) is 9.97 Å². The van der Waals surface area contributed by atoms with E-state index in [9.17, 15) is 5.26 Å². The molecule has 2 aromatic carbocycles. The van der Waals surface area contributed by atoms with Crippen LogP contribution in [0.3, 0.4) is 0 Å². The highest BCUT2D eigenvalue weighted by Crippen LogP contribution is 2.27. The number of thiazole rings is 1. The van der Waals surface area contributed by atoms with Crippen molar-refractivity contribution >= 4 is 23.0 Å². The molecule has 0 radical (unpaired) electrons. The first-order chi connectivity index (χ1) is 14.3. The van der Waals surface area contributed by atoms with Gasteiger partial charge in [-0.2, -0.15) is 5.26 Å². The Bertz CT molecular complexity index is 1140. The monoisotopic (exact) mass is 395 g/mol. The second-order valence-electron chi connectivity index (χ2n) is 6.25. The molecule has 0 aliphatic rings. The van der Waals surface area contributed by atoms with E-state index in [-0.39, 0.29) is 0 Å². The van der Waals surface area contributed by atoms with Gasteiger partial charge in [-0.3, -0.25) is 4.98 Å². The standard InChI is InChI=1S/C24H17N3OS/c25-15-20(24-27-23(17-29-24)19-6-2-1-3-7-19)14-18-9-11-22(12-10-18)28-16-21-8-4-5-13-26-21/h1-14,17H,16H2. The first-order valence-electron chi connectivity index (χ1n) is 9.08. The Morgan fingerprint density at radius 2 is 1.79 bits per heavy atom. The van der Waals surface area contributed by atoms with E-state index in [1.54, 1.807) is 6.20 Å². The molecular weight excluding hydrogens is 378 g/mol. The number of nitrogens with zero attached hydrogens (tertiary/aromatic N) is 3. The van der Waals surface area contributed by atoms with Crippen molar-refractivity contribution in [2.45, 2.75) is 6.61 Å². The van der Waals surface area contributed by atoms with Gasteiger partial charge in [-0.1, -0.05) is 48.5 Å². The van der Waals surface area contributed by atoms with Gasteiger partial charge in [-0.15, -0.1) is 11.3 Å². The molecule has 0 bridgehead atoms. The molecule has 4 aromatic rings. The lowest BCUT2D eigenvalue weighted by atomic mass is 10.1. The normalized spacial score (nSPS) is 11.1. The predicted octanol–water partition coefficient (Wildman–Crippen LogP) is 5.85. The average Bonchev–Trinajstić information content (AvgIpc) is 3.28. The molecule has 0 saturated carbocycles. The molecule has 2 heterocycles. The molecule has 0 fully saturated rings. The summed E-state index contributed by atoms with van der Waals surface area (Å²) >= 11 is 1.47. The number of aromatic nitrogens is 2. The lowest BCUT2D eigenvalue weighted by molar-refractivity contribution is 0.301. The molecule has 0 N–H and O–H groups in total. The molecule has 4 rings (SSSR count). The van der Waals surface area contributed by atoms with Crippen molar-refractivity contribution in [2.24, 2.45) is 0 Å². The fourth-order valence-corrected chi connectivity index (χ4v) is 3.54. The Morgan fingerprint density at radius 1 is 1.00 bits per heavy atom. The molecule has 2 aromatic heterocycles. The average molecular weight is 395 g/mol. The van der Waals surface area contributed by atoms with E-state index in [1.807, 2.05) is 84.3 Å². The van der Waals surface area contributed by atoms with Crippen LogP contribution in [-0.2, 0) is 6.61 Å². The van der Waals surface area contributed by atoms with Crippen LogP contribution in [0.1, 0.15) is 16.3 Å². The Kier molecular flexibility index (Phi) is 5.75. The number of hydrogen-bond donors (Lipinski definition) is 0. The maximum Gasteiger partial charge on any atom is 0.134 e. The molecule has 0 saturated heterocycles. The van der Waals surface area contributed by atoms with Crippen molar-refractivity contribution in [1.29, 1.82) is 5.26 Å². The van der Waals surface area contributed by atoms with Crippen LogP contribution in [0.2, 0.25) is 0 Å². The number of allylic oxidation sites excluding steroid dienone is 1. The number of benzene rings is 2. The third kappa shape index (κ3) is 4.75. The number of pyridine rings is 1. The van der Waals surface area contributed by atoms with Crippen molar-refractivity contribution in [2.75, 3.05) is 0 Å². The van der Waals surface area contributed by atoms with Crippen molar-refractivity contribution < 1.29 is 4.74 Å². The second-order valence-corrected chi connectivity index (χ2v) is 7.11. The summed E-state index contributed by atoms with van der Waals surface area (Å²) in [5.74, 6) is 0.756. The summed E-state index contributed by atoms with van der Waals surface area (Å²) in [5.41, 5.74) is 4.26. The Labute approximate surface area is 173 Å². The van der Waals surface area contributed by atoms with E-state index in [0.29, 0.717) is 17.2 Å². The molecule has 0 amide bonds. The SMILES string of the molecule is N#CC(=Cc1ccc(OCc2ccccn2)cc1)c1nc(-c2ccccc2)cs1. The molecule has 0 atom stereocenters. The topological polar surface area (TPSA) is 58.8 Å². The van der Waals surface area contributed by atoms with Gasteiger partial charge in [0.15, 0.2) is 0 Å². The summed E-state index contributed by atoms with van der Waals surface area (Å²) in [6.45, 7) is 0.418. The molecular formula is C24H17N3OS. The highest BCUT2D eigenvalue weighted by atomic mass is 32.1. The summed E-state index contributed by atoms with van der Waals surface area (Å²) in [6.07, 6.45) is 3.59. The van der Waals surface area contributed by atoms with Crippen LogP contribution in [0.25, 0.3) is 22.9 Å². The minimum Gasteiger partial charge on any atom is -0.487 e. The molecule has 29 heavy (non-hydrogen) atoms. The predicted molar refractivity (Wildman–Crippen MR) is 116 cm³/mol. The largest absolute Gasteiger partial charge is 0.487 e. The van der Waals surface area contributed by atoms with Crippen LogP contribution < -0.4 is 4.74 Å². The van der Waals surface area contributed by atoms with Gasteiger partial charge in [0.25, 0.3) is 0 Å². The Balaban J connectivity index is 1.47. The maximum atomic E-state index is 9.60. The van der Waals surface area contributed by atoms with Gasteiger partial charge >= 0.3 is 0 Å². The van der Waals surface area contributed by atoms with Crippen LogP contribution in [-0.4, -0.2) is 9.97 Å². The van der Waals surface area contributed by atoms with Crippen LogP contribution in [0.5, 0.6) is 5.75 Å². The number of hydrogen-bond acceptors (Lipinski definition) is 5. The maximum absolute atomic E-state index is 9.60. The molecule has 5 heteroatoms. The van der Waals surface area contributed by atoms with E-state index < -0.39 is 0 Å². The Morgan fingerprint density at radius 3 is 2.52 bits per heavy atom. The lowest BCUT2D eigenvalue weighted by Gasteiger charge is -2.05. The highest BCUT2D eigenvalue weighted by molar-refractivity contribution is 7.11. The molecule has 0 aliphatic heterocycles.